The van der Waals surface area contributed by atoms with Gasteiger partial charge in [0.2, 0.25) is 0 Å². The van der Waals surface area contributed by atoms with Crippen molar-refractivity contribution in [1.29, 1.82) is 0 Å². The number of hydrogen-bond donors (Lipinski definition) is 0. The van der Waals surface area contributed by atoms with E-state index in [2.05, 4.69) is 0 Å². The Morgan fingerprint density at radius 1 is 1.30 bits per heavy atom. The Morgan fingerprint density at radius 2 is 2.00 bits per heavy atom. The van der Waals surface area contributed by atoms with Gasteiger partial charge in [0.1, 0.15) is 5.75 Å². The number of likely N-dealkylation sites (N-methyl/N-ethyl adjacent to an activating group) is 1. The van der Waals surface area contributed by atoms with Crippen LogP contribution in [-0.2, 0) is 4.79 Å². The molecule has 2 rings (SSSR count). The largest absolute Gasteiger partial charge is 0.481 e. The summed E-state index contributed by atoms with van der Waals surface area (Å²) in [6.07, 6.45) is 5.58. The molecular formula is C17H25NO2. The highest BCUT2D eigenvalue weighted by Gasteiger charge is 2.26. The molecule has 0 unspecified atom stereocenters. The molecule has 1 fully saturated rings. The summed E-state index contributed by atoms with van der Waals surface area (Å²) >= 11 is 0. The molecule has 0 bridgehead atoms. The topological polar surface area (TPSA) is 29.5 Å². The lowest BCUT2D eigenvalue weighted by molar-refractivity contribution is -0.139. The second-order valence-electron chi connectivity index (χ2n) is 5.82. The number of carbonyl (C=O) groups excluding carboxylic acids is 1. The number of benzene rings is 1. The van der Waals surface area contributed by atoms with Crippen LogP contribution in [0.3, 0.4) is 0 Å². The van der Waals surface area contributed by atoms with E-state index in [4.69, 9.17) is 4.74 Å². The van der Waals surface area contributed by atoms with Crippen molar-refractivity contribution in [3.05, 3.63) is 29.8 Å². The Morgan fingerprint density at radius 3 is 2.65 bits per heavy atom. The third-order valence-electron chi connectivity index (χ3n) is 4.12. The standard InChI is InChI=1S/C17H25NO2/c1-13-8-7-11-16(12-13)20-14(2)17(19)18(3)15-9-5-4-6-10-15/h7-8,11-12,14-15H,4-6,9-10H2,1-3H3/t14-/m0/s1. The molecular weight excluding hydrogens is 250 g/mol. The summed E-state index contributed by atoms with van der Waals surface area (Å²) < 4.78 is 5.78. The van der Waals surface area contributed by atoms with Crippen molar-refractivity contribution in [2.45, 2.75) is 58.1 Å². The molecule has 110 valence electrons. The summed E-state index contributed by atoms with van der Waals surface area (Å²) in [5.41, 5.74) is 1.14. The van der Waals surface area contributed by atoms with Crippen LogP contribution in [0.1, 0.15) is 44.6 Å². The maximum absolute atomic E-state index is 12.4. The van der Waals surface area contributed by atoms with Crippen LogP contribution in [0.5, 0.6) is 5.75 Å². The SMILES string of the molecule is Cc1cccc(O[C@@H](C)C(=O)N(C)C2CCCCC2)c1. The van der Waals surface area contributed by atoms with E-state index >= 15 is 0 Å². The summed E-state index contributed by atoms with van der Waals surface area (Å²) in [4.78, 5) is 14.3. The van der Waals surface area contributed by atoms with Gasteiger partial charge in [-0.15, -0.1) is 0 Å². The zero-order valence-corrected chi connectivity index (χ0v) is 12.8. The molecule has 1 aromatic rings. The van der Waals surface area contributed by atoms with Crippen LogP contribution >= 0.6 is 0 Å². The lowest BCUT2D eigenvalue weighted by Gasteiger charge is -2.32. The van der Waals surface area contributed by atoms with E-state index in [-0.39, 0.29) is 5.91 Å². The summed E-state index contributed by atoms with van der Waals surface area (Å²) in [6, 6.07) is 8.22. The Labute approximate surface area is 121 Å². The van der Waals surface area contributed by atoms with Gasteiger partial charge in [-0.2, -0.15) is 0 Å². The fraction of sp³-hybridized carbons (Fsp3) is 0.588. The van der Waals surface area contributed by atoms with E-state index in [1.807, 2.05) is 50.1 Å². The van der Waals surface area contributed by atoms with E-state index in [9.17, 15) is 4.79 Å². The number of hydrogen-bond acceptors (Lipinski definition) is 2. The summed E-state index contributed by atoms with van der Waals surface area (Å²) in [5, 5.41) is 0. The van der Waals surface area contributed by atoms with Gasteiger partial charge in [0.05, 0.1) is 0 Å². The van der Waals surface area contributed by atoms with Crippen LogP contribution in [0.25, 0.3) is 0 Å². The molecule has 0 N–H and O–H groups in total. The third kappa shape index (κ3) is 3.75. The first-order valence-electron chi connectivity index (χ1n) is 7.58. The first-order valence-corrected chi connectivity index (χ1v) is 7.58. The van der Waals surface area contributed by atoms with Gasteiger partial charge >= 0.3 is 0 Å². The first-order chi connectivity index (χ1) is 9.58. The van der Waals surface area contributed by atoms with E-state index < -0.39 is 6.10 Å². The van der Waals surface area contributed by atoms with Crippen molar-refractivity contribution in [2.75, 3.05) is 7.05 Å². The molecule has 3 nitrogen and oxygen atoms in total. The maximum Gasteiger partial charge on any atom is 0.263 e. The average molecular weight is 275 g/mol. The fourth-order valence-corrected chi connectivity index (χ4v) is 2.88. The number of aryl methyl sites for hydroxylation is 1. The van der Waals surface area contributed by atoms with Crippen molar-refractivity contribution in [1.82, 2.24) is 4.90 Å². The molecule has 1 aliphatic carbocycles. The van der Waals surface area contributed by atoms with Gasteiger partial charge in [0, 0.05) is 13.1 Å². The molecule has 0 aromatic heterocycles. The van der Waals surface area contributed by atoms with E-state index in [0.29, 0.717) is 6.04 Å². The first kappa shape index (κ1) is 14.9. The monoisotopic (exact) mass is 275 g/mol. The lowest BCUT2D eigenvalue weighted by atomic mass is 9.94. The summed E-state index contributed by atoms with van der Waals surface area (Å²) in [6.45, 7) is 3.86. The molecule has 1 aliphatic rings. The molecule has 1 saturated carbocycles. The Balaban J connectivity index is 1.93. The fourth-order valence-electron chi connectivity index (χ4n) is 2.88. The smallest absolute Gasteiger partial charge is 0.263 e. The second kappa shape index (κ2) is 6.78. The number of amides is 1. The summed E-state index contributed by atoms with van der Waals surface area (Å²) in [5.74, 6) is 0.848. The predicted molar refractivity (Wildman–Crippen MR) is 80.9 cm³/mol. The Hall–Kier alpha value is -1.51. The minimum atomic E-state index is -0.427. The number of nitrogens with zero attached hydrogens (tertiary/aromatic N) is 1. The number of carbonyl (C=O) groups is 1. The van der Waals surface area contributed by atoms with Crippen LogP contribution in [0.15, 0.2) is 24.3 Å². The lowest BCUT2D eigenvalue weighted by Crippen LogP contribution is -2.44. The Bertz CT molecular complexity index is 452. The molecule has 20 heavy (non-hydrogen) atoms. The van der Waals surface area contributed by atoms with Gasteiger partial charge in [-0.25, -0.2) is 0 Å². The average Bonchev–Trinajstić information content (AvgIpc) is 2.46. The van der Waals surface area contributed by atoms with Crippen molar-refractivity contribution < 1.29 is 9.53 Å². The van der Waals surface area contributed by atoms with Gasteiger partial charge in [0.15, 0.2) is 6.10 Å². The third-order valence-corrected chi connectivity index (χ3v) is 4.12. The van der Waals surface area contributed by atoms with Crippen LogP contribution < -0.4 is 4.74 Å². The highest BCUT2D eigenvalue weighted by molar-refractivity contribution is 5.81. The molecule has 3 heteroatoms. The Kier molecular flexibility index (Phi) is 5.05. The zero-order valence-electron chi connectivity index (χ0n) is 12.8. The van der Waals surface area contributed by atoms with Gasteiger partial charge in [-0.3, -0.25) is 4.79 Å². The molecule has 1 amide bonds. The van der Waals surface area contributed by atoms with Crippen LogP contribution in [0.2, 0.25) is 0 Å². The van der Waals surface area contributed by atoms with E-state index in [1.54, 1.807) is 0 Å². The molecule has 1 atom stereocenters. The van der Waals surface area contributed by atoms with Crippen molar-refractivity contribution in [3.8, 4) is 5.75 Å². The van der Waals surface area contributed by atoms with Crippen molar-refractivity contribution in [3.63, 3.8) is 0 Å². The van der Waals surface area contributed by atoms with Crippen LogP contribution in [0, 0.1) is 6.92 Å². The van der Waals surface area contributed by atoms with Gasteiger partial charge < -0.3 is 9.64 Å². The molecule has 0 heterocycles. The van der Waals surface area contributed by atoms with Crippen LogP contribution in [-0.4, -0.2) is 30.0 Å². The minimum Gasteiger partial charge on any atom is -0.481 e. The predicted octanol–water partition coefficient (Wildman–Crippen LogP) is 3.55. The maximum atomic E-state index is 12.4. The van der Waals surface area contributed by atoms with E-state index in [1.165, 1.54) is 19.3 Å². The van der Waals surface area contributed by atoms with Crippen LogP contribution in [0.4, 0.5) is 0 Å². The zero-order chi connectivity index (χ0) is 14.5. The van der Waals surface area contributed by atoms with Crippen molar-refractivity contribution in [2.24, 2.45) is 0 Å². The minimum absolute atomic E-state index is 0.0819. The van der Waals surface area contributed by atoms with E-state index in [0.717, 1.165) is 24.2 Å². The van der Waals surface area contributed by atoms with Gasteiger partial charge in [-0.05, 0) is 44.4 Å². The number of rotatable bonds is 4. The highest BCUT2D eigenvalue weighted by atomic mass is 16.5. The quantitative estimate of drug-likeness (QED) is 0.841. The van der Waals surface area contributed by atoms with Gasteiger partial charge in [0.25, 0.3) is 5.91 Å². The normalized spacial score (nSPS) is 17.6. The van der Waals surface area contributed by atoms with Crippen molar-refractivity contribution >= 4 is 5.91 Å². The molecule has 1 aromatic carbocycles. The second-order valence-corrected chi connectivity index (χ2v) is 5.82. The molecule has 0 aliphatic heterocycles. The highest BCUT2D eigenvalue weighted by Crippen LogP contribution is 2.23. The molecule has 0 radical (unpaired) electrons. The molecule has 0 saturated heterocycles. The number of ether oxygens (including phenoxy) is 1. The molecule has 0 spiro atoms. The van der Waals surface area contributed by atoms with Gasteiger partial charge in [-0.1, -0.05) is 31.4 Å². The summed E-state index contributed by atoms with van der Waals surface area (Å²) in [7, 11) is 1.91.